The quantitative estimate of drug-likeness (QED) is 0.811. The van der Waals surface area contributed by atoms with Crippen LogP contribution in [0.2, 0.25) is 0 Å². The highest BCUT2D eigenvalue weighted by molar-refractivity contribution is 5.75. The molecule has 3 rings (SSSR count). The van der Waals surface area contributed by atoms with E-state index in [1.807, 2.05) is 25.2 Å². The highest BCUT2D eigenvalue weighted by Crippen LogP contribution is 2.28. The summed E-state index contributed by atoms with van der Waals surface area (Å²) in [5.74, 6) is 1.08. The summed E-state index contributed by atoms with van der Waals surface area (Å²) in [6.45, 7) is 1.34. The van der Waals surface area contributed by atoms with Crippen molar-refractivity contribution in [1.29, 1.82) is 0 Å². The van der Waals surface area contributed by atoms with Crippen molar-refractivity contribution in [3.05, 3.63) is 42.5 Å². The Bertz CT molecular complexity index is 602. The lowest BCUT2D eigenvalue weighted by Gasteiger charge is -2.21. The van der Waals surface area contributed by atoms with E-state index in [1.54, 1.807) is 15.9 Å². The zero-order valence-corrected chi connectivity index (χ0v) is 12.7. The molecule has 1 aliphatic heterocycles. The Morgan fingerprint density at radius 1 is 1.45 bits per heavy atom. The molecule has 1 atom stereocenters. The van der Waals surface area contributed by atoms with Crippen molar-refractivity contribution in [3.8, 4) is 5.75 Å². The maximum Gasteiger partial charge on any atom is 0.222 e. The third kappa shape index (κ3) is 3.44. The summed E-state index contributed by atoms with van der Waals surface area (Å²) >= 11 is 0. The van der Waals surface area contributed by atoms with Gasteiger partial charge in [0, 0.05) is 26.4 Å². The van der Waals surface area contributed by atoms with Crippen LogP contribution < -0.4 is 4.74 Å². The van der Waals surface area contributed by atoms with Crippen LogP contribution in [0.5, 0.6) is 5.75 Å². The number of ether oxygens (including phenoxy) is 1. The number of hydrogen-bond acceptors (Lipinski definition) is 4. The first kappa shape index (κ1) is 14.6. The minimum atomic E-state index is 0.0571. The van der Waals surface area contributed by atoms with Crippen LogP contribution in [0, 0.1) is 0 Å². The van der Waals surface area contributed by atoms with E-state index in [4.69, 9.17) is 4.74 Å². The van der Waals surface area contributed by atoms with Gasteiger partial charge in [0.15, 0.2) is 0 Å². The minimum absolute atomic E-state index is 0.0571. The molecule has 2 aromatic rings. The third-order valence-electron chi connectivity index (χ3n) is 3.86. The van der Waals surface area contributed by atoms with Gasteiger partial charge in [0.25, 0.3) is 0 Å². The fourth-order valence-electron chi connectivity index (χ4n) is 2.69. The van der Waals surface area contributed by atoms with Crippen molar-refractivity contribution >= 4 is 5.91 Å². The summed E-state index contributed by atoms with van der Waals surface area (Å²) in [5.41, 5.74) is 1.22. The number of carbonyl (C=O) groups excluding carboxylic acids is 1. The molecule has 2 heterocycles. The van der Waals surface area contributed by atoms with E-state index in [-0.39, 0.29) is 12.0 Å². The Kier molecular flexibility index (Phi) is 4.37. The SMILES string of the molecule is CN(CC1Cc2ccccc2O1)C(=O)CCCn1cncn1. The Morgan fingerprint density at radius 2 is 2.32 bits per heavy atom. The smallest absolute Gasteiger partial charge is 0.222 e. The molecule has 1 aromatic carbocycles. The number of para-hydroxylation sites is 1. The highest BCUT2D eigenvalue weighted by Gasteiger charge is 2.24. The lowest BCUT2D eigenvalue weighted by Crippen LogP contribution is -2.36. The normalized spacial score (nSPS) is 16.1. The average molecular weight is 300 g/mol. The molecule has 0 fully saturated rings. The summed E-state index contributed by atoms with van der Waals surface area (Å²) in [6.07, 6.45) is 5.36. The minimum Gasteiger partial charge on any atom is -0.488 e. The summed E-state index contributed by atoms with van der Waals surface area (Å²) in [5, 5.41) is 4.02. The number of fused-ring (bicyclic) bond motifs is 1. The van der Waals surface area contributed by atoms with Gasteiger partial charge >= 0.3 is 0 Å². The monoisotopic (exact) mass is 300 g/mol. The van der Waals surface area contributed by atoms with Gasteiger partial charge in [-0.25, -0.2) is 4.98 Å². The standard InChI is InChI=1S/C16H20N4O2/c1-19(16(21)7-4-8-20-12-17-11-18-20)10-14-9-13-5-2-3-6-15(13)22-14/h2-3,5-6,11-12,14H,4,7-10H2,1H3. The lowest BCUT2D eigenvalue weighted by molar-refractivity contribution is -0.131. The van der Waals surface area contributed by atoms with Crippen LogP contribution in [-0.4, -0.2) is 45.3 Å². The molecule has 6 nitrogen and oxygen atoms in total. The predicted octanol–water partition coefficient (Wildman–Crippen LogP) is 1.52. The Labute approximate surface area is 129 Å². The first-order valence-corrected chi connectivity index (χ1v) is 7.53. The molecule has 1 amide bonds. The largest absolute Gasteiger partial charge is 0.488 e. The Morgan fingerprint density at radius 3 is 3.09 bits per heavy atom. The second kappa shape index (κ2) is 6.60. The zero-order chi connectivity index (χ0) is 15.4. The second-order valence-electron chi connectivity index (χ2n) is 5.59. The van der Waals surface area contributed by atoms with Gasteiger partial charge in [-0.3, -0.25) is 9.48 Å². The molecular weight excluding hydrogens is 280 g/mol. The number of aryl methyl sites for hydroxylation is 1. The predicted molar refractivity (Wildman–Crippen MR) is 81.5 cm³/mol. The van der Waals surface area contributed by atoms with E-state index in [0.717, 1.165) is 18.6 Å². The van der Waals surface area contributed by atoms with Gasteiger partial charge in [0.2, 0.25) is 5.91 Å². The number of nitrogens with zero attached hydrogens (tertiary/aromatic N) is 4. The topological polar surface area (TPSA) is 60.2 Å². The molecule has 116 valence electrons. The van der Waals surface area contributed by atoms with Crippen molar-refractivity contribution in [2.24, 2.45) is 0 Å². The van der Waals surface area contributed by atoms with Gasteiger partial charge in [-0.2, -0.15) is 5.10 Å². The summed E-state index contributed by atoms with van der Waals surface area (Å²) in [6, 6.07) is 8.05. The molecule has 22 heavy (non-hydrogen) atoms. The van der Waals surface area contributed by atoms with E-state index in [0.29, 0.717) is 19.5 Å². The summed E-state index contributed by atoms with van der Waals surface area (Å²) in [7, 11) is 1.84. The maximum absolute atomic E-state index is 12.2. The number of benzene rings is 1. The molecule has 0 bridgehead atoms. The Balaban J connectivity index is 1.42. The van der Waals surface area contributed by atoms with Crippen LogP contribution in [0.3, 0.4) is 0 Å². The van der Waals surface area contributed by atoms with E-state index in [9.17, 15) is 4.79 Å². The third-order valence-corrected chi connectivity index (χ3v) is 3.86. The molecule has 6 heteroatoms. The van der Waals surface area contributed by atoms with Crippen LogP contribution in [0.1, 0.15) is 18.4 Å². The summed E-state index contributed by atoms with van der Waals surface area (Å²) in [4.78, 5) is 17.8. The molecule has 0 radical (unpaired) electrons. The van der Waals surface area contributed by atoms with Crippen molar-refractivity contribution in [3.63, 3.8) is 0 Å². The molecule has 1 unspecified atom stereocenters. The van der Waals surface area contributed by atoms with Gasteiger partial charge in [-0.05, 0) is 18.1 Å². The molecule has 0 spiro atoms. The number of hydrogen-bond donors (Lipinski definition) is 0. The fraction of sp³-hybridized carbons (Fsp3) is 0.438. The van der Waals surface area contributed by atoms with Gasteiger partial charge in [0.1, 0.15) is 24.5 Å². The molecule has 1 aromatic heterocycles. The van der Waals surface area contributed by atoms with Gasteiger partial charge in [0.05, 0.1) is 6.54 Å². The molecule has 0 aliphatic carbocycles. The molecule has 1 aliphatic rings. The number of likely N-dealkylation sites (N-methyl/N-ethyl adjacent to an activating group) is 1. The van der Waals surface area contributed by atoms with Gasteiger partial charge in [-0.15, -0.1) is 0 Å². The molecule has 0 saturated heterocycles. The van der Waals surface area contributed by atoms with Crippen LogP contribution in [0.25, 0.3) is 0 Å². The fourth-order valence-corrected chi connectivity index (χ4v) is 2.69. The van der Waals surface area contributed by atoms with E-state index in [2.05, 4.69) is 16.1 Å². The Hall–Kier alpha value is -2.37. The van der Waals surface area contributed by atoms with Crippen molar-refractivity contribution in [2.75, 3.05) is 13.6 Å². The van der Waals surface area contributed by atoms with E-state index in [1.165, 1.54) is 11.9 Å². The molecular formula is C16H20N4O2. The number of aromatic nitrogens is 3. The van der Waals surface area contributed by atoms with E-state index >= 15 is 0 Å². The number of carbonyl (C=O) groups is 1. The first-order chi connectivity index (χ1) is 10.7. The lowest BCUT2D eigenvalue weighted by atomic mass is 10.1. The van der Waals surface area contributed by atoms with Crippen LogP contribution in [0.15, 0.2) is 36.9 Å². The van der Waals surface area contributed by atoms with Crippen molar-refractivity contribution < 1.29 is 9.53 Å². The van der Waals surface area contributed by atoms with E-state index < -0.39 is 0 Å². The molecule has 0 N–H and O–H groups in total. The average Bonchev–Trinajstić information content (AvgIpc) is 3.15. The zero-order valence-electron chi connectivity index (χ0n) is 12.7. The summed E-state index contributed by atoms with van der Waals surface area (Å²) < 4.78 is 7.61. The number of amides is 1. The van der Waals surface area contributed by atoms with Crippen LogP contribution in [-0.2, 0) is 17.8 Å². The maximum atomic E-state index is 12.2. The second-order valence-corrected chi connectivity index (χ2v) is 5.59. The highest BCUT2D eigenvalue weighted by atomic mass is 16.5. The number of rotatable bonds is 6. The van der Waals surface area contributed by atoms with Crippen LogP contribution in [0.4, 0.5) is 0 Å². The molecule has 0 saturated carbocycles. The van der Waals surface area contributed by atoms with Crippen molar-refractivity contribution in [1.82, 2.24) is 19.7 Å². The van der Waals surface area contributed by atoms with Crippen molar-refractivity contribution in [2.45, 2.75) is 31.9 Å². The van der Waals surface area contributed by atoms with Gasteiger partial charge in [-0.1, -0.05) is 18.2 Å². The van der Waals surface area contributed by atoms with Crippen LogP contribution >= 0.6 is 0 Å². The van der Waals surface area contributed by atoms with Gasteiger partial charge < -0.3 is 9.64 Å². The first-order valence-electron chi connectivity index (χ1n) is 7.53.